The van der Waals surface area contributed by atoms with Crippen molar-refractivity contribution in [1.29, 1.82) is 5.26 Å². The molecular weight excluding hydrogens is 310 g/mol. The van der Waals surface area contributed by atoms with Crippen molar-refractivity contribution in [2.24, 2.45) is 11.8 Å². The molecule has 1 aliphatic rings. The third kappa shape index (κ3) is 3.48. The number of nitriles is 1. The number of hydrogen-bond donors (Lipinski definition) is 1. The second-order valence-corrected chi connectivity index (χ2v) is 5.98. The van der Waals surface area contributed by atoms with Crippen molar-refractivity contribution < 1.29 is 19.4 Å². The first-order chi connectivity index (χ1) is 11.4. The Balaban J connectivity index is 2.32. The number of nitrogens with zero attached hydrogens (tertiary/aromatic N) is 3. The van der Waals surface area contributed by atoms with Crippen LogP contribution >= 0.6 is 0 Å². The maximum atomic E-state index is 11.9. The molecule has 1 saturated heterocycles. The minimum absolute atomic E-state index is 0.0466. The fourth-order valence-electron chi connectivity index (χ4n) is 3.04. The van der Waals surface area contributed by atoms with E-state index >= 15 is 0 Å². The lowest BCUT2D eigenvalue weighted by Gasteiger charge is -2.36. The number of anilines is 1. The van der Waals surface area contributed by atoms with E-state index in [1.165, 1.54) is 6.07 Å². The summed E-state index contributed by atoms with van der Waals surface area (Å²) in [6.45, 7) is 6.58. The molecule has 0 aliphatic carbocycles. The second kappa shape index (κ2) is 7.30. The highest BCUT2D eigenvalue weighted by Gasteiger charge is 2.32. The minimum Gasteiger partial charge on any atom is -0.481 e. The zero-order valence-electron chi connectivity index (χ0n) is 14.1. The number of hydrogen-bond acceptors (Lipinski definition) is 6. The van der Waals surface area contributed by atoms with Gasteiger partial charge in [-0.1, -0.05) is 6.92 Å². The number of carbonyl (C=O) groups is 2. The van der Waals surface area contributed by atoms with Gasteiger partial charge >= 0.3 is 11.9 Å². The molecular formula is C17H21N3O4. The van der Waals surface area contributed by atoms with Crippen LogP contribution in [-0.2, 0) is 9.53 Å². The molecule has 1 aromatic rings. The molecule has 7 nitrogen and oxygen atoms in total. The average Bonchev–Trinajstić information content (AvgIpc) is 2.54. The molecule has 1 fully saturated rings. The summed E-state index contributed by atoms with van der Waals surface area (Å²) < 4.78 is 4.98. The van der Waals surface area contributed by atoms with Gasteiger partial charge in [0, 0.05) is 13.1 Å². The van der Waals surface area contributed by atoms with Gasteiger partial charge in [0.05, 0.1) is 29.3 Å². The van der Waals surface area contributed by atoms with E-state index in [4.69, 9.17) is 4.74 Å². The van der Waals surface area contributed by atoms with Crippen molar-refractivity contribution in [3.05, 3.63) is 22.9 Å². The number of esters is 1. The molecule has 1 aliphatic heterocycles. The smallest absolute Gasteiger partial charge is 0.340 e. The Morgan fingerprint density at radius 1 is 1.54 bits per heavy atom. The monoisotopic (exact) mass is 331 g/mol. The van der Waals surface area contributed by atoms with E-state index < -0.39 is 11.9 Å². The van der Waals surface area contributed by atoms with Crippen LogP contribution in [0.15, 0.2) is 6.07 Å². The third-order valence-corrected chi connectivity index (χ3v) is 4.33. The predicted molar refractivity (Wildman–Crippen MR) is 86.8 cm³/mol. The first kappa shape index (κ1) is 17.7. The van der Waals surface area contributed by atoms with Gasteiger partial charge in [0.1, 0.15) is 11.9 Å². The van der Waals surface area contributed by atoms with Gasteiger partial charge in [-0.3, -0.25) is 4.79 Å². The predicted octanol–water partition coefficient (Wildman–Crippen LogP) is 1.99. The van der Waals surface area contributed by atoms with E-state index in [-0.39, 0.29) is 24.0 Å². The van der Waals surface area contributed by atoms with Crippen molar-refractivity contribution in [2.75, 3.05) is 24.6 Å². The van der Waals surface area contributed by atoms with Crippen molar-refractivity contribution >= 4 is 17.8 Å². The molecule has 0 radical (unpaired) electrons. The molecule has 24 heavy (non-hydrogen) atoms. The van der Waals surface area contributed by atoms with E-state index in [2.05, 4.69) is 11.1 Å². The number of carbonyl (C=O) groups excluding carboxylic acids is 1. The van der Waals surface area contributed by atoms with Crippen molar-refractivity contribution in [3.8, 4) is 6.07 Å². The van der Waals surface area contributed by atoms with E-state index in [0.29, 0.717) is 36.6 Å². The molecule has 1 aromatic heterocycles. The first-order valence-electron chi connectivity index (χ1n) is 7.95. The largest absolute Gasteiger partial charge is 0.481 e. The van der Waals surface area contributed by atoms with E-state index in [9.17, 15) is 20.0 Å². The Hall–Kier alpha value is -2.62. The fraction of sp³-hybridized carbons (Fsp3) is 0.529. The highest BCUT2D eigenvalue weighted by molar-refractivity contribution is 5.91. The van der Waals surface area contributed by atoms with Crippen molar-refractivity contribution in [2.45, 2.75) is 27.2 Å². The second-order valence-electron chi connectivity index (χ2n) is 5.98. The topological polar surface area (TPSA) is 104 Å². The number of piperidine rings is 1. The minimum atomic E-state index is -0.788. The van der Waals surface area contributed by atoms with Crippen LogP contribution in [0.5, 0.6) is 0 Å². The van der Waals surface area contributed by atoms with Crippen LogP contribution in [0.1, 0.15) is 41.9 Å². The Morgan fingerprint density at radius 3 is 2.79 bits per heavy atom. The molecule has 2 unspecified atom stereocenters. The summed E-state index contributed by atoms with van der Waals surface area (Å²) in [5, 5.41) is 18.6. The SMILES string of the molecule is CCOC(=O)c1cc(C#N)c(N2CCC(C(=O)O)C(C)C2)nc1C. The molecule has 0 aromatic carbocycles. The van der Waals surface area contributed by atoms with Crippen LogP contribution in [-0.4, -0.2) is 41.7 Å². The summed E-state index contributed by atoms with van der Waals surface area (Å²) in [5.41, 5.74) is 1.07. The van der Waals surface area contributed by atoms with Gasteiger partial charge in [-0.25, -0.2) is 9.78 Å². The van der Waals surface area contributed by atoms with Gasteiger partial charge in [0.15, 0.2) is 0 Å². The number of rotatable bonds is 4. The van der Waals surface area contributed by atoms with Crippen LogP contribution in [0.2, 0.25) is 0 Å². The summed E-state index contributed by atoms with van der Waals surface area (Å²) in [7, 11) is 0. The standard InChI is InChI=1S/C17H21N3O4/c1-4-24-17(23)14-7-12(8-18)15(19-11(14)3)20-6-5-13(16(21)22)10(2)9-20/h7,10,13H,4-6,9H2,1-3H3,(H,21,22). The summed E-state index contributed by atoms with van der Waals surface area (Å²) >= 11 is 0. The van der Waals surface area contributed by atoms with Gasteiger partial charge in [-0.05, 0) is 32.3 Å². The lowest BCUT2D eigenvalue weighted by Crippen LogP contribution is -2.43. The molecule has 128 valence electrons. The van der Waals surface area contributed by atoms with E-state index in [0.717, 1.165) is 0 Å². The third-order valence-electron chi connectivity index (χ3n) is 4.33. The highest BCUT2D eigenvalue weighted by Crippen LogP contribution is 2.29. The van der Waals surface area contributed by atoms with Gasteiger partial charge in [0.2, 0.25) is 0 Å². The fourth-order valence-corrected chi connectivity index (χ4v) is 3.04. The van der Waals surface area contributed by atoms with Crippen molar-refractivity contribution in [1.82, 2.24) is 4.98 Å². The summed E-state index contributed by atoms with van der Waals surface area (Å²) in [6.07, 6.45) is 0.502. The van der Waals surface area contributed by atoms with Crippen LogP contribution in [0.3, 0.4) is 0 Å². The quantitative estimate of drug-likeness (QED) is 0.841. The zero-order chi connectivity index (χ0) is 17.9. The molecule has 0 bridgehead atoms. The number of carboxylic acid groups (broad SMARTS) is 1. The van der Waals surface area contributed by atoms with Gasteiger partial charge < -0.3 is 14.7 Å². The summed E-state index contributed by atoms with van der Waals surface area (Å²) in [4.78, 5) is 29.5. The zero-order valence-corrected chi connectivity index (χ0v) is 14.1. The number of pyridine rings is 1. The van der Waals surface area contributed by atoms with Gasteiger partial charge in [-0.2, -0.15) is 5.26 Å². The van der Waals surface area contributed by atoms with Crippen LogP contribution in [0.4, 0.5) is 5.82 Å². The Bertz CT molecular complexity index is 696. The van der Waals surface area contributed by atoms with Crippen LogP contribution in [0.25, 0.3) is 0 Å². The number of ether oxygens (including phenoxy) is 1. The van der Waals surface area contributed by atoms with Crippen LogP contribution < -0.4 is 4.90 Å². The average molecular weight is 331 g/mol. The Labute approximate surface area is 140 Å². The van der Waals surface area contributed by atoms with Crippen molar-refractivity contribution in [3.63, 3.8) is 0 Å². The first-order valence-corrected chi connectivity index (χ1v) is 7.95. The molecule has 0 amide bonds. The molecule has 2 rings (SSSR count). The lowest BCUT2D eigenvalue weighted by atomic mass is 9.87. The van der Waals surface area contributed by atoms with Gasteiger partial charge in [0.25, 0.3) is 0 Å². The number of carboxylic acids is 1. The lowest BCUT2D eigenvalue weighted by molar-refractivity contribution is -0.144. The molecule has 2 heterocycles. The maximum Gasteiger partial charge on any atom is 0.340 e. The maximum absolute atomic E-state index is 11.9. The normalized spacial score (nSPS) is 20.3. The molecule has 2 atom stereocenters. The summed E-state index contributed by atoms with van der Waals surface area (Å²) in [6, 6.07) is 3.58. The molecule has 7 heteroatoms. The Morgan fingerprint density at radius 2 is 2.25 bits per heavy atom. The van der Waals surface area contributed by atoms with E-state index in [1.807, 2.05) is 11.8 Å². The Kier molecular flexibility index (Phi) is 5.39. The van der Waals surface area contributed by atoms with Crippen LogP contribution in [0, 0.1) is 30.1 Å². The highest BCUT2D eigenvalue weighted by atomic mass is 16.5. The number of aliphatic carboxylic acids is 1. The number of aromatic nitrogens is 1. The molecule has 0 spiro atoms. The van der Waals surface area contributed by atoms with E-state index in [1.54, 1.807) is 13.8 Å². The number of aryl methyl sites for hydroxylation is 1. The van der Waals surface area contributed by atoms with Gasteiger partial charge in [-0.15, -0.1) is 0 Å². The summed E-state index contributed by atoms with van der Waals surface area (Å²) in [5.74, 6) is -1.21. The molecule has 0 saturated carbocycles. The molecule has 1 N–H and O–H groups in total.